The summed E-state index contributed by atoms with van der Waals surface area (Å²) in [6, 6.07) is 5.52. The van der Waals surface area contributed by atoms with Gasteiger partial charge in [0.15, 0.2) is 0 Å². The van der Waals surface area contributed by atoms with Crippen molar-refractivity contribution in [2.75, 3.05) is 6.54 Å². The number of hydrogen-bond donors (Lipinski definition) is 2. The van der Waals surface area contributed by atoms with E-state index in [0.29, 0.717) is 49.8 Å². The number of carbonyl (C=O) groups is 1. The Balaban J connectivity index is 1.48. The first-order valence-corrected chi connectivity index (χ1v) is 12.3. The van der Waals surface area contributed by atoms with Gasteiger partial charge in [-0.2, -0.15) is 18.3 Å². The molecule has 0 unspecified atom stereocenters. The number of aromatic nitrogens is 2. The fourth-order valence-corrected chi connectivity index (χ4v) is 5.78. The first-order valence-electron chi connectivity index (χ1n) is 9.91. The number of aryl methyl sites for hydroxylation is 1. The molecule has 3 aromatic rings. The van der Waals surface area contributed by atoms with Crippen LogP contribution in [0.3, 0.4) is 0 Å². The zero-order valence-corrected chi connectivity index (χ0v) is 20.3. The Bertz CT molecular complexity index is 1220. The van der Waals surface area contributed by atoms with E-state index >= 15 is 4.39 Å². The van der Waals surface area contributed by atoms with Gasteiger partial charge in [0.2, 0.25) is 0 Å². The molecule has 5 nitrogen and oxygen atoms in total. The maximum Gasteiger partial charge on any atom is 0.416 e. The van der Waals surface area contributed by atoms with Gasteiger partial charge in [-0.3, -0.25) is 4.72 Å². The monoisotopic (exact) mass is 550 g/mol. The molecular formula is C21H16Cl2F4N4OS2. The van der Waals surface area contributed by atoms with Crippen LogP contribution in [0.4, 0.5) is 22.4 Å². The molecule has 0 bridgehead atoms. The number of rotatable bonds is 5. The second-order valence-electron chi connectivity index (χ2n) is 7.29. The third-order valence-corrected chi connectivity index (χ3v) is 7.81. The Morgan fingerprint density at radius 2 is 1.94 bits per heavy atom. The average molecular weight is 551 g/mol. The Hall–Kier alpha value is -2.21. The van der Waals surface area contributed by atoms with Crippen LogP contribution >= 0.6 is 46.5 Å². The van der Waals surface area contributed by atoms with Crippen molar-refractivity contribution >= 4 is 58.1 Å². The molecule has 1 aliphatic carbocycles. The molecule has 4 rings (SSSR count). The molecule has 0 atom stereocenters. The fourth-order valence-electron chi connectivity index (χ4n) is 3.49. The Kier molecular flexibility index (Phi) is 7.46. The van der Waals surface area contributed by atoms with E-state index in [4.69, 9.17) is 23.2 Å². The van der Waals surface area contributed by atoms with Crippen molar-refractivity contribution in [2.24, 2.45) is 0 Å². The molecule has 0 spiro atoms. The SMILES string of the molecule is O=C(NC/C(F)=C1\CCCc2cnn(-c3ccc(C(F)(F)F)cc3)c21)NSc1cc(Cl)c(Cl)s1. The van der Waals surface area contributed by atoms with Crippen LogP contribution < -0.4 is 10.0 Å². The van der Waals surface area contributed by atoms with Crippen molar-refractivity contribution in [3.8, 4) is 5.69 Å². The highest BCUT2D eigenvalue weighted by Gasteiger charge is 2.30. The van der Waals surface area contributed by atoms with Crippen molar-refractivity contribution in [1.29, 1.82) is 0 Å². The number of benzene rings is 1. The normalized spacial score (nSPS) is 15.1. The lowest BCUT2D eigenvalue weighted by Crippen LogP contribution is -2.32. The van der Waals surface area contributed by atoms with Gasteiger partial charge in [0, 0.05) is 5.57 Å². The van der Waals surface area contributed by atoms with E-state index < -0.39 is 23.6 Å². The molecular weight excluding hydrogens is 535 g/mol. The van der Waals surface area contributed by atoms with Gasteiger partial charge in [0.1, 0.15) is 10.2 Å². The third-order valence-electron chi connectivity index (χ3n) is 5.04. The van der Waals surface area contributed by atoms with Crippen molar-refractivity contribution in [3.63, 3.8) is 0 Å². The molecule has 0 radical (unpaired) electrons. The summed E-state index contributed by atoms with van der Waals surface area (Å²) in [4.78, 5) is 12.1. The van der Waals surface area contributed by atoms with Crippen molar-refractivity contribution in [3.05, 3.63) is 68.5 Å². The van der Waals surface area contributed by atoms with E-state index in [-0.39, 0.29) is 6.54 Å². The minimum Gasteiger partial charge on any atom is -0.331 e. The summed E-state index contributed by atoms with van der Waals surface area (Å²) in [5.41, 5.74) is 1.27. The molecule has 2 aromatic heterocycles. The Morgan fingerprint density at radius 1 is 1.21 bits per heavy atom. The minimum absolute atomic E-state index is 0.356. The summed E-state index contributed by atoms with van der Waals surface area (Å²) in [5, 5.41) is 7.11. The van der Waals surface area contributed by atoms with Gasteiger partial charge in [-0.15, -0.1) is 11.3 Å². The molecule has 0 fully saturated rings. The average Bonchev–Trinajstić information content (AvgIpc) is 3.38. The number of hydrogen-bond acceptors (Lipinski definition) is 4. The molecule has 180 valence electrons. The molecule has 0 aliphatic heterocycles. The standard InChI is InChI=1S/C21H16Cl2F4N4OS2/c22-15-8-17(33-19(15)23)34-30-20(32)28-10-16(24)14-3-1-2-11-9-29-31(18(11)14)13-6-4-12(5-7-13)21(25,26)27/h4-9H,1-3,10H2,(H2,28,30,32)/b16-14-. The fraction of sp³-hybridized carbons (Fsp3) is 0.238. The van der Waals surface area contributed by atoms with Gasteiger partial charge in [-0.25, -0.2) is 13.9 Å². The smallest absolute Gasteiger partial charge is 0.331 e. The number of nitrogens with zero attached hydrogens (tertiary/aromatic N) is 2. The zero-order chi connectivity index (χ0) is 24.5. The van der Waals surface area contributed by atoms with Gasteiger partial charge in [0.05, 0.1) is 38.9 Å². The number of nitrogens with one attached hydrogen (secondary N) is 2. The third kappa shape index (κ3) is 5.54. The molecule has 0 saturated carbocycles. The maximum atomic E-state index is 15.1. The summed E-state index contributed by atoms with van der Waals surface area (Å²) in [7, 11) is 0. The largest absolute Gasteiger partial charge is 0.416 e. The lowest BCUT2D eigenvalue weighted by molar-refractivity contribution is -0.137. The summed E-state index contributed by atoms with van der Waals surface area (Å²) >= 11 is 14.0. The molecule has 13 heteroatoms. The van der Waals surface area contributed by atoms with Gasteiger partial charge in [-0.1, -0.05) is 23.2 Å². The molecule has 0 saturated heterocycles. The molecule has 2 heterocycles. The first-order chi connectivity index (χ1) is 16.1. The van der Waals surface area contributed by atoms with Crippen LogP contribution in [0.25, 0.3) is 11.3 Å². The number of urea groups is 1. The lowest BCUT2D eigenvalue weighted by Gasteiger charge is -2.19. The van der Waals surface area contributed by atoms with Crippen molar-refractivity contribution < 1.29 is 22.4 Å². The van der Waals surface area contributed by atoms with Crippen molar-refractivity contribution in [1.82, 2.24) is 19.8 Å². The molecule has 1 aliphatic rings. The highest BCUT2D eigenvalue weighted by Crippen LogP contribution is 2.37. The van der Waals surface area contributed by atoms with E-state index in [2.05, 4.69) is 15.1 Å². The minimum atomic E-state index is -4.45. The summed E-state index contributed by atoms with van der Waals surface area (Å²) in [5.74, 6) is -0.544. The van der Waals surface area contributed by atoms with Crippen LogP contribution in [0.15, 0.2) is 46.6 Å². The highest BCUT2D eigenvalue weighted by molar-refractivity contribution is 7.99. The number of alkyl halides is 3. The molecule has 2 amide bonds. The Labute approximate surface area is 210 Å². The molecule has 2 N–H and O–H groups in total. The summed E-state index contributed by atoms with van der Waals surface area (Å²) < 4.78 is 58.9. The second-order valence-corrected chi connectivity index (χ2v) is 10.5. The van der Waals surface area contributed by atoms with Crippen LogP contribution in [0.5, 0.6) is 0 Å². The van der Waals surface area contributed by atoms with E-state index in [1.54, 1.807) is 12.3 Å². The predicted molar refractivity (Wildman–Crippen MR) is 126 cm³/mol. The van der Waals surface area contributed by atoms with E-state index in [1.165, 1.54) is 28.2 Å². The number of thiophene rings is 1. The number of amides is 2. The number of halogens is 6. The van der Waals surface area contributed by atoms with Gasteiger partial charge < -0.3 is 5.32 Å². The predicted octanol–water partition coefficient (Wildman–Crippen LogP) is 7.28. The molecule has 1 aromatic carbocycles. The number of fused-ring (bicyclic) bond motifs is 1. The zero-order valence-electron chi connectivity index (χ0n) is 17.2. The van der Waals surface area contributed by atoms with E-state index in [9.17, 15) is 18.0 Å². The summed E-state index contributed by atoms with van der Waals surface area (Å²) in [6.07, 6.45) is -1.09. The maximum absolute atomic E-state index is 15.1. The van der Waals surface area contributed by atoms with Crippen LogP contribution in [0.1, 0.15) is 29.7 Å². The topological polar surface area (TPSA) is 59.0 Å². The molecule has 34 heavy (non-hydrogen) atoms. The van der Waals surface area contributed by atoms with Crippen LogP contribution in [0, 0.1) is 0 Å². The van der Waals surface area contributed by atoms with Gasteiger partial charge in [-0.05, 0) is 67.1 Å². The highest BCUT2D eigenvalue weighted by atomic mass is 35.5. The van der Waals surface area contributed by atoms with Crippen LogP contribution in [0.2, 0.25) is 9.36 Å². The van der Waals surface area contributed by atoms with Gasteiger partial charge >= 0.3 is 12.2 Å². The van der Waals surface area contributed by atoms with E-state index in [1.807, 2.05) is 0 Å². The number of allylic oxidation sites excluding steroid dienone is 1. The van der Waals surface area contributed by atoms with Crippen molar-refractivity contribution in [2.45, 2.75) is 29.6 Å². The number of carbonyl (C=O) groups excluding carboxylic acids is 1. The summed E-state index contributed by atoms with van der Waals surface area (Å²) in [6.45, 7) is -0.356. The van der Waals surface area contributed by atoms with Crippen LogP contribution in [-0.4, -0.2) is 22.4 Å². The Morgan fingerprint density at radius 3 is 2.59 bits per heavy atom. The van der Waals surface area contributed by atoms with E-state index in [0.717, 1.165) is 29.6 Å². The van der Waals surface area contributed by atoms with Gasteiger partial charge in [0.25, 0.3) is 0 Å². The quantitative estimate of drug-likeness (QED) is 0.259. The second kappa shape index (κ2) is 10.2. The lowest BCUT2D eigenvalue weighted by atomic mass is 9.92. The first kappa shape index (κ1) is 24.9. The van der Waals surface area contributed by atoms with Crippen LogP contribution in [-0.2, 0) is 12.6 Å².